The summed E-state index contributed by atoms with van der Waals surface area (Å²) >= 11 is 0. The SMILES string of the molecule is COc1ccc(C(N)C2CCCCC2)nc1. The van der Waals surface area contributed by atoms with Crippen molar-refractivity contribution in [3.63, 3.8) is 0 Å². The lowest BCUT2D eigenvalue weighted by Crippen LogP contribution is -2.24. The molecule has 1 aromatic heterocycles. The largest absolute Gasteiger partial charge is 0.495 e. The smallest absolute Gasteiger partial charge is 0.137 e. The maximum Gasteiger partial charge on any atom is 0.137 e. The first-order valence-electron chi connectivity index (χ1n) is 6.07. The molecule has 3 heteroatoms. The molecule has 1 atom stereocenters. The molecule has 3 nitrogen and oxygen atoms in total. The van der Waals surface area contributed by atoms with E-state index in [1.807, 2.05) is 12.1 Å². The highest BCUT2D eigenvalue weighted by Gasteiger charge is 2.22. The molecule has 0 saturated heterocycles. The first-order valence-corrected chi connectivity index (χ1v) is 6.07. The van der Waals surface area contributed by atoms with Crippen LogP contribution in [0.3, 0.4) is 0 Å². The minimum atomic E-state index is 0.0891. The van der Waals surface area contributed by atoms with Crippen molar-refractivity contribution in [2.24, 2.45) is 11.7 Å². The third-order valence-corrected chi connectivity index (χ3v) is 3.49. The van der Waals surface area contributed by atoms with Crippen LogP contribution >= 0.6 is 0 Å². The highest BCUT2D eigenvalue weighted by atomic mass is 16.5. The van der Waals surface area contributed by atoms with E-state index in [4.69, 9.17) is 10.5 Å². The lowest BCUT2D eigenvalue weighted by atomic mass is 9.83. The third-order valence-electron chi connectivity index (χ3n) is 3.49. The Morgan fingerprint density at radius 2 is 2.06 bits per heavy atom. The van der Waals surface area contributed by atoms with E-state index >= 15 is 0 Å². The first-order chi connectivity index (χ1) is 7.81. The van der Waals surface area contributed by atoms with Gasteiger partial charge in [-0.25, -0.2) is 0 Å². The number of rotatable bonds is 3. The summed E-state index contributed by atoms with van der Waals surface area (Å²) in [5.41, 5.74) is 7.25. The van der Waals surface area contributed by atoms with Gasteiger partial charge in [0, 0.05) is 6.04 Å². The molecule has 0 aliphatic heterocycles. The van der Waals surface area contributed by atoms with Crippen LogP contribution < -0.4 is 10.5 Å². The number of aromatic nitrogens is 1. The molecular formula is C13H20N2O. The van der Waals surface area contributed by atoms with Gasteiger partial charge in [0.2, 0.25) is 0 Å². The molecule has 2 N–H and O–H groups in total. The van der Waals surface area contributed by atoms with Crippen molar-refractivity contribution in [2.75, 3.05) is 7.11 Å². The van der Waals surface area contributed by atoms with E-state index in [9.17, 15) is 0 Å². The Morgan fingerprint density at radius 3 is 2.62 bits per heavy atom. The highest BCUT2D eigenvalue weighted by Crippen LogP contribution is 2.32. The quantitative estimate of drug-likeness (QED) is 0.852. The summed E-state index contributed by atoms with van der Waals surface area (Å²) in [6, 6.07) is 4.01. The molecule has 1 saturated carbocycles. The zero-order chi connectivity index (χ0) is 11.4. The van der Waals surface area contributed by atoms with Gasteiger partial charge in [0.25, 0.3) is 0 Å². The zero-order valence-electron chi connectivity index (χ0n) is 9.86. The summed E-state index contributed by atoms with van der Waals surface area (Å²) in [5.74, 6) is 1.40. The second-order valence-electron chi connectivity index (χ2n) is 4.55. The van der Waals surface area contributed by atoms with Crippen LogP contribution in [0.15, 0.2) is 18.3 Å². The fourth-order valence-electron chi connectivity index (χ4n) is 2.44. The Balaban J connectivity index is 2.04. The zero-order valence-corrected chi connectivity index (χ0v) is 9.86. The normalized spacial score (nSPS) is 19.4. The number of nitrogens with two attached hydrogens (primary N) is 1. The predicted octanol–water partition coefficient (Wildman–Crippen LogP) is 2.67. The van der Waals surface area contributed by atoms with Gasteiger partial charge in [0.15, 0.2) is 0 Å². The van der Waals surface area contributed by atoms with Crippen molar-refractivity contribution in [3.05, 3.63) is 24.0 Å². The van der Waals surface area contributed by atoms with E-state index in [0.717, 1.165) is 11.4 Å². The molecule has 2 rings (SSSR count). The Kier molecular flexibility index (Phi) is 3.78. The molecule has 1 heterocycles. The molecule has 1 aliphatic carbocycles. The van der Waals surface area contributed by atoms with E-state index < -0.39 is 0 Å². The van der Waals surface area contributed by atoms with Crippen LogP contribution in [0, 0.1) is 5.92 Å². The van der Waals surface area contributed by atoms with Gasteiger partial charge in [-0.05, 0) is 30.9 Å². The molecule has 0 bridgehead atoms. The molecule has 0 radical (unpaired) electrons. The molecule has 88 valence electrons. The Bertz CT molecular complexity index is 317. The molecule has 0 aromatic carbocycles. The summed E-state index contributed by atoms with van der Waals surface area (Å²) in [4.78, 5) is 4.37. The molecular weight excluding hydrogens is 200 g/mol. The number of hydrogen-bond acceptors (Lipinski definition) is 3. The van der Waals surface area contributed by atoms with Crippen LogP contribution in [0.2, 0.25) is 0 Å². The van der Waals surface area contributed by atoms with Gasteiger partial charge in [0.05, 0.1) is 19.0 Å². The van der Waals surface area contributed by atoms with E-state index in [0.29, 0.717) is 5.92 Å². The van der Waals surface area contributed by atoms with Crippen molar-refractivity contribution in [2.45, 2.75) is 38.1 Å². The highest BCUT2D eigenvalue weighted by molar-refractivity contribution is 5.21. The first kappa shape index (κ1) is 11.4. The van der Waals surface area contributed by atoms with Crippen molar-refractivity contribution < 1.29 is 4.74 Å². The standard InChI is InChI=1S/C13H20N2O/c1-16-11-7-8-12(15-9-11)13(14)10-5-3-2-4-6-10/h7-10,13H,2-6,14H2,1H3. The molecule has 0 spiro atoms. The molecule has 0 amide bonds. The van der Waals surface area contributed by atoms with E-state index in [1.165, 1.54) is 32.1 Å². The number of hydrogen-bond donors (Lipinski definition) is 1. The summed E-state index contributed by atoms with van der Waals surface area (Å²) in [6.07, 6.45) is 8.23. The van der Waals surface area contributed by atoms with Crippen molar-refractivity contribution in [1.82, 2.24) is 4.98 Å². The molecule has 1 unspecified atom stereocenters. The van der Waals surface area contributed by atoms with Crippen LogP contribution in [-0.2, 0) is 0 Å². The summed E-state index contributed by atoms with van der Waals surface area (Å²) in [7, 11) is 1.65. The van der Waals surface area contributed by atoms with Gasteiger partial charge < -0.3 is 10.5 Å². The minimum absolute atomic E-state index is 0.0891. The van der Waals surface area contributed by atoms with Crippen LogP contribution in [0.5, 0.6) is 5.75 Å². The predicted molar refractivity (Wildman–Crippen MR) is 64.3 cm³/mol. The average molecular weight is 220 g/mol. The van der Waals surface area contributed by atoms with Gasteiger partial charge in [-0.2, -0.15) is 0 Å². The van der Waals surface area contributed by atoms with Crippen molar-refractivity contribution in [3.8, 4) is 5.75 Å². The van der Waals surface area contributed by atoms with Gasteiger partial charge >= 0.3 is 0 Å². The third kappa shape index (κ3) is 2.53. The fraction of sp³-hybridized carbons (Fsp3) is 0.615. The summed E-state index contributed by atoms with van der Waals surface area (Å²) < 4.78 is 5.09. The maximum absolute atomic E-state index is 6.26. The van der Waals surface area contributed by atoms with Crippen LogP contribution in [-0.4, -0.2) is 12.1 Å². The Hall–Kier alpha value is -1.09. The topological polar surface area (TPSA) is 48.1 Å². The Morgan fingerprint density at radius 1 is 1.31 bits per heavy atom. The van der Waals surface area contributed by atoms with Crippen LogP contribution in [0.4, 0.5) is 0 Å². The summed E-state index contributed by atoms with van der Waals surface area (Å²) in [5, 5.41) is 0. The Labute approximate surface area is 97.0 Å². The fourth-order valence-corrected chi connectivity index (χ4v) is 2.44. The van der Waals surface area contributed by atoms with Crippen molar-refractivity contribution >= 4 is 0 Å². The second kappa shape index (κ2) is 5.30. The number of pyridine rings is 1. The maximum atomic E-state index is 6.26. The van der Waals surface area contributed by atoms with E-state index in [2.05, 4.69) is 4.98 Å². The average Bonchev–Trinajstić information content (AvgIpc) is 2.39. The molecule has 1 fully saturated rings. The number of methoxy groups -OCH3 is 1. The van der Waals surface area contributed by atoms with Crippen molar-refractivity contribution in [1.29, 1.82) is 0 Å². The second-order valence-corrected chi connectivity index (χ2v) is 4.55. The van der Waals surface area contributed by atoms with Gasteiger partial charge in [-0.1, -0.05) is 19.3 Å². The van der Waals surface area contributed by atoms with Gasteiger partial charge in [0.1, 0.15) is 5.75 Å². The number of nitrogens with zero attached hydrogens (tertiary/aromatic N) is 1. The van der Waals surface area contributed by atoms with Gasteiger partial charge in [-0.15, -0.1) is 0 Å². The lowest BCUT2D eigenvalue weighted by molar-refractivity contribution is 0.304. The summed E-state index contributed by atoms with van der Waals surface area (Å²) in [6.45, 7) is 0. The molecule has 1 aromatic rings. The molecule has 1 aliphatic rings. The lowest BCUT2D eigenvalue weighted by Gasteiger charge is -2.27. The van der Waals surface area contributed by atoms with E-state index in [-0.39, 0.29) is 6.04 Å². The number of ether oxygens (including phenoxy) is 1. The van der Waals surface area contributed by atoms with Gasteiger partial charge in [-0.3, -0.25) is 4.98 Å². The van der Waals surface area contributed by atoms with Crippen LogP contribution in [0.1, 0.15) is 43.8 Å². The monoisotopic (exact) mass is 220 g/mol. The molecule has 16 heavy (non-hydrogen) atoms. The minimum Gasteiger partial charge on any atom is -0.495 e. The van der Waals surface area contributed by atoms with Crippen LogP contribution in [0.25, 0.3) is 0 Å². The van der Waals surface area contributed by atoms with E-state index in [1.54, 1.807) is 13.3 Å².